The van der Waals surface area contributed by atoms with Crippen LogP contribution in [0.2, 0.25) is 0 Å². The van der Waals surface area contributed by atoms with Crippen LogP contribution in [0.5, 0.6) is 0 Å². The number of rotatable bonds is 3. The zero-order valence-electron chi connectivity index (χ0n) is 7.66. The molecule has 0 unspecified atom stereocenters. The van der Waals surface area contributed by atoms with Gasteiger partial charge >= 0.3 is 0 Å². The molecule has 0 bridgehead atoms. The van der Waals surface area contributed by atoms with Crippen LogP contribution in [0.25, 0.3) is 11.5 Å². The molecule has 0 atom stereocenters. The van der Waals surface area contributed by atoms with Gasteiger partial charge in [0.25, 0.3) is 0 Å². The molecule has 0 N–H and O–H groups in total. The van der Waals surface area contributed by atoms with Crippen LogP contribution in [0.4, 0.5) is 0 Å². The highest BCUT2D eigenvalue weighted by Crippen LogP contribution is 2.16. The summed E-state index contributed by atoms with van der Waals surface area (Å²) in [7, 11) is -2.53. The average Bonchev–Trinajstić information content (AvgIpc) is 2.67. The Labute approximate surface area is 87.7 Å². The van der Waals surface area contributed by atoms with E-state index in [0.29, 0.717) is 5.89 Å². The van der Waals surface area contributed by atoms with Gasteiger partial charge in [-0.3, -0.25) is 0 Å². The predicted molar refractivity (Wildman–Crippen MR) is 53.8 cm³/mol. The number of benzene rings is 1. The Balaban J connectivity index is 2.28. The maximum atomic E-state index is 10.4. The van der Waals surface area contributed by atoms with Gasteiger partial charge in [-0.25, -0.2) is 8.42 Å². The van der Waals surface area contributed by atoms with Crippen LogP contribution in [0.15, 0.2) is 34.7 Å². The third kappa shape index (κ3) is 2.41. The number of aromatic nitrogens is 2. The smallest absolute Gasteiger partial charge is 0.247 e. The first-order valence-electron chi connectivity index (χ1n) is 4.25. The van der Waals surface area contributed by atoms with Gasteiger partial charge in [0, 0.05) is 5.56 Å². The standard InChI is InChI=1S/C9H8N2O3S/c12-15(13)6-8-10-11-9(14-8)7-4-2-1-3-5-7/h1-5,15H,6H2. The fourth-order valence-electron chi connectivity index (χ4n) is 1.13. The van der Waals surface area contributed by atoms with E-state index in [1.165, 1.54) is 0 Å². The summed E-state index contributed by atoms with van der Waals surface area (Å²) < 4.78 is 26.0. The third-order valence-electron chi connectivity index (χ3n) is 1.75. The van der Waals surface area contributed by atoms with E-state index < -0.39 is 10.7 Å². The Morgan fingerprint density at radius 3 is 2.53 bits per heavy atom. The van der Waals surface area contributed by atoms with Crippen molar-refractivity contribution in [2.24, 2.45) is 0 Å². The quantitative estimate of drug-likeness (QED) is 0.782. The van der Waals surface area contributed by atoms with Crippen LogP contribution in [0.3, 0.4) is 0 Å². The van der Waals surface area contributed by atoms with E-state index in [4.69, 9.17) is 4.42 Å². The average molecular weight is 224 g/mol. The van der Waals surface area contributed by atoms with Crippen molar-refractivity contribution in [2.45, 2.75) is 5.75 Å². The molecule has 0 amide bonds. The largest absolute Gasteiger partial charge is 0.420 e. The Morgan fingerprint density at radius 2 is 1.87 bits per heavy atom. The molecule has 0 saturated heterocycles. The highest BCUT2D eigenvalue weighted by atomic mass is 32.2. The molecule has 0 aliphatic rings. The second-order valence-corrected chi connectivity index (χ2v) is 3.84. The van der Waals surface area contributed by atoms with Crippen molar-refractivity contribution in [1.82, 2.24) is 10.2 Å². The number of hydrogen-bond donors (Lipinski definition) is 1. The van der Waals surface area contributed by atoms with E-state index in [9.17, 15) is 8.42 Å². The fourth-order valence-corrected chi connectivity index (χ4v) is 1.47. The van der Waals surface area contributed by atoms with E-state index in [2.05, 4.69) is 10.2 Å². The minimum absolute atomic E-state index is 0.116. The molecule has 0 aliphatic carbocycles. The molecular weight excluding hydrogens is 216 g/mol. The van der Waals surface area contributed by atoms with Crippen molar-refractivity contribution < 1.29 is 12.8 Å². The molecule has 15 heavy (non-hydrogen) atoms. The zero-order valence-corrected chi connectivity index (χ0v) is 8.55. The Hall–Kier alpha value is -1.69. The number of nitrogens with zero attached hydrogens (tertiary/aromatic N) is 2. The molecule has 5 nitrogen and oxygen atoms in total. The lowest BCUT2D eigenvalue weighted by Gasteiger charge is -1.91. The maximum Gasteiger partial charge on any atom is 0.247 e. The number of thiol groups is 1. The lowest BCUT2D eigenvalue weighted by molar-refractivity contribution is 0.521. The fraction of sp³-hybridized carbons (Fsp3) is 0.111. The van der Waals surface area contributed by atoms with Crippen LogP contribution >= 0.6 is 0 Å². The first-order chi connectivity index (χ1) is 7.25. The summed E-state index contributed by atoms with van der Waals surface area (Å²) in [5.41, 5.74) is 0.775. The first-order valence-corrected chi connectivity index (χ1v) is 5.61. The summed E-state index contributed by atoms with van der Waals surface area (Å²) in [4.78, 5) is 0. The van der Waals surface area contributed by atoms with E-state index in [1.807, 2.05) is 30.3 Å². The van der Waals surface area contributed by atoms with Crippen molar-refractivity contribution in [3.8, 4) is 11.5 Å². The second kappa shape index (κ2) is 4.22. The summed E-state index contributed by atoms with van der Waals surface area (Å²) >= 11 is 0. The lowest BCUT2D eigenvalue weighted by atomic mass is 10.2. The lowest BCUT2D eigenvalue weighted by Crippen LogP contribution is -1.85. The molecule has 0 spiro atoms. The SMILES string of the molecule is O=[SH](=O)Cc1nnc(-c2ccccc2)o1. The molecule has 2 rings (SSSR count). The molecular formula is C9H8N2O3S. The van der Waals surface area contributed by atoms with Crippen LogP contribution < -0.4 is 0 Å². The van der Waals surface area contributed by atoms with Gasteiger partial charge in [-0.2, -0.15) is 0 Å². The summed E-state index contributed by atoms with van der Waals surface area (Å²) in [5.74, 6) is 0.238. The highest BCUT2D eigenvalue weighted by molar-refractivity contribution is 7.71. The van der Waals surface area contributed by atoms with Crippen LogP contribution in [0, 0.1) is 0 Å². The highest BCUT2D eigenvalue weighted by Gasteiger charge is 2.08. The van der Waals surface area contributed by atoms with Gasteiger partial charge in [0.15, 0.2) is 0 Å². The summed E-state index contributed by atoms with van der Waals surface area (Å²) in [5, 5.41) is 7.39. The predicted octanol–water partition coefficient (Wildman–Crippen LogP) is 0.848. The molecule has 6 heteroatoms. The van der Waals surface area contributed by atoms with Gasteiger partial charge in [0.05, 0.1) is 0 Å². The van der Waals surface area contributed by atoms with Gasteiger partial charge in [0.2, 0.25) is 11.8 Å². The van der Waals surface area contributed by atoms with E-state index in [1.54, 1.807) is 0 Å². The monoisotopic (exact) mass is 224 g/mol. The molecule has 2 aromatic rings. The van der Waals surface area contributed by atoms with Gasteiger partial charge in [-0.05, 0) is 12.1 Å². The molecule has 78 valence electrons. The van der Waals surface area contributed by atoms with Gasteiger partial charge in [-0.1, -0.05) is 18.2 Å². The molecule has 0 saturated carbocycles. The van der Waals surface area contributed by atoms with Crippen molar-refractivity contribution in [3.05, 3.63) is 36.2 Å². The summed E-state index contributed by atoms with van der Waals surface area (Å²) in [6, 6.07) is 9.18. The zero-order chi connectivity index (χ0) is 10.7. The Kier molecular flexibility index (Phi) is 2.77. The van der Waals surface area contributed by atoms with Crippen molar-refractivity contribution in [1.29, 1.82) is 0 Å². The van der Waals surface area contributed by atoms with Crippen molar-refractivity contribution in [2.75, 3.05) is 0 Å². The second-order valence-electron chi connectivity index (χ2n) is 2.86. The van der Waals surface area contributed by atoms with E-state index in [0.717, 1.165) is 5.56 Å². The van der Waals surface area contributed by atoms with Crippen molar-refractivity contribution in [3.63, 3.8) is 0 Å². The van der Waals surface area contributed by atoms with E-state index in [-0.39, 0.29) is 11.6 Å². The molecule has 0 radical (unpaired) electrons. The van der Waals surface area contributed by atoms with Crippen molar-refractivity contribution >= 4 is 10.7 Å². The first kappa shape index (κ1) is 9.85. The van der Waals surface area contributed by atoms with E-state index >= 15 is 0 Å². The summed E-state index contributed by atoms with van der Waals surface area (Å²) in [6.07, 6.45) is 0. The third-order valence-corrected chi connectivity index (χ3v) is 2.28. The molecule has 0 fully saturated rings. The van der Waals surface area contributed by atoms with Gasteiger partial charge < -0.3 is 4.42 Å². The Morgan fingerprint density at radius 1 is 1.13 bits per heavy atom. The van der Waals surface area contributed by atoms with Crippen LogP contribution in [-0.2, 0) is 16.5 Å². The van der Waals surface area contributed by atoms with Gasteiger partial charge in [0.1, 0.15) is 16.5 Å². The normalized spacial score (nSPS) is 10.7. The molecule has 1 heterocycles. The summed E-state index contributed by atoms with van der Waals surface area (Å²) in [6.45, 7) is 0. The minimum Gasteiger partial charge on any atom is -0.420 e. The van der Waals surface area contributed by atoms with Crippen LogP contribution in [-0.4, -0.2) is 18.6 Å². The topological polar surface area (TPSA) is 73.1 Å². The Bertz CT molecular complexity index is 511. The molecule has 0 aliphatic heterocycles. The number of hydrogen-bond acceptors (Lipinski definition) is 5. The minimum atomic E-state index is -2.53. The van der Waals surface area contributed by atoms with Gasteiger partial charge in [-0.15, -0.1) is 10.2 Å². The molecule has 1 aromatic heterocycles. The molecule has 1 aromatic carbocycles. The maximum absolute atomic E-state index is 10.4. The van der Waals surface area contributed by atoms with Crippen LogP contribution in [0.1, 0.15) is 5.89 Å².